The van der Waals surface area contributed by atoms with Crippen LogP contribution in [-0.4, -0.2) is 52.7 Å². The Morgan fingerprint density at radius 1 is 1.23 bits per heavy atom. The van der Waals surface area contributed by atoms with Gasteiger partial charge in [-0.05, 0) is 37.9 Å². The molecular formula is C18H24N4O4. The number of carbonyl (C=O) groups is 1. The summed E-state index contributed by atoms with van der Waals surface area (Å²) in [6.07, 6.45) is 2.46. The summed E-state index contributed by atoms with van der Waals surface area (Å²) >= 11 is 0. The number of carbonyl (C=O) groups excluding carboxylic acids is 1. The molecule has 8 heteroatoms. The van der Waals surface area contributed by atoms with Crippen molar-refractivity contribution in [3.05, 3.63) is 45.1 Å². The highest BCUT2D eigenvalue weighted by atomic mass is 16.5. The molecule has 26 heavy (non-hydrogen) atoms. The normalized spacial score (nSPS) is 15.5. The minimum absolute atomic E-state index is 0.136. The topological polar surface area (TPSA) is 110 Å². The van der Waals surface area contributed by atoms with Crippen LogP contribution in [0.1, 0.15) is 19.3 Å². The fourth-order valence-corrected chi connectivity index (χ4v) is 3.18. The van der Waals surface area contributed by atoms with E-state index in [4.69, 9.17) is 10.5 Å². The van der Waals surface area contributed by atoms with E-state index >= 15 is 0 Å². The quantitative estimate of drug-likeness (QED) is 0.707. The van der Waals surface area contributed by atoms with Gasteiger partial charge in [-0.2, -0.15) is 0 Å². The summed E-state index contributed by atoms with van der Waals surface area (Å²) in [5.74, 6) is -0.228. The molecule has 0 radical (unpaired) electrons. The Morgan fingerprint density at radius 2 is 1.96 bits per heavy atom. The smallest absolute Gasteiger partial charge is 0.329 e. The fourth-order valence-electron chi connectivity index (χ4n) is 3.18. The van der Waals surface area contributed by atoms with Crippen LogP contribution in [0.5, 0.6) is 0 Å². The van der Waals surface area contributed by atoms with Crippen molar-refractivity contribution in [1.29, 1.82) is 0 Å². The fraction of sp³-hybridized carbons (Fsp3) is 0.500. The number of ether oxygens (including phenoxy) is 1. The van der Waals surface area contributed by atoms with E-state index in [0.717, 1.165) is 23.8 Å². The van der Waals surface area contributed by atoms with Crippen molar-refractivity contribution >= 4 is 16.8 Å². The number of nitrogens with two attached hydrogens (primary N) is 1. The molecule has 2 heterocycles. The molecule has 1 aliphatic rings. The lowest BCUT2D eigenvalue weighted by molar-refractivity contribution is -0.134. The number of nitrogens with one attached hydrogen (secondary N) is 1. The lowest BCUT2D eigenvalue weighted by atomic mass is 10.1. The number of likely N-dealkylation sites (tertiary alicyclic amines) is 1. The van der Waals surface area contributed by atoms with Crippen LogP contribution >= 0.6 is 0 Å². The predicted molar refractivity (Wildman–Crippen MR) is 98.1 cm³/mol. The van der Waals surface area contributed by atoms with E-state index in [2.05, 4.69) is 4.98 Å². The summed E-state index contributed by atoms with van der Waals surface area (Å²) in [5, 5.41) is 0.395. The van der Waals surface area contributed by atoms with Crippen molar-refractivity contribution < 1.29 is 9.53 Å². The molecule has 1 aliphatic heterocycles. The van der Waals surface area contributed by atoms with Gasteiger partial charge in [-0.25, -0.2) is 4.79 Å². The lowest BCUT2D eigenvalue weighted by Crippen LogP contribution is -2.46. The second-order valence-corrected chi connectivity index (χ2v) is 6.46. The zero-order valence-corrected chi connectivity index (χ0v) is 14.6. The first kappa shape index (κ1) is 18.3. The Morgan fingerprint density at radius 3 is 2.69 bits per heavy atom. The molecule has 0 spiro atoms. The van der Waals surface area contributed by atoms with Gasteiger partial charge in [0, 0.05) is 19.7 Å². The van der Waals surface area contributed by atoms with E-state index < -0.39 is 11.2 Å². The summed E-state index contributed by atoms with van der Waals surface area (Å²) in [7, 11) is 0. The number of aromatic nitrogens is 2. The maximum absolute atomic E-state index is 12.5. The van der Waals surface area contributed by atoms with Gasteiger partial charge in [-0.1, -0.05) is 12.1 Å². The first-order chi connectivity index (χ1) is 12.6. The van der Waals surface area contributed by atoms with Gasteiger partial charge in [0.05, 0.1) is 17.0 Å². The number of para-hydroxylation sites is 1. The molecule has 1 aromatic carbocycles. The molecule has 0 aliphatic carbocycles. The predicted octanol–water partition coefficient (Wildman–Crippen LogP) is 0.0462. The molecule has 1 fully saturated rings. The van der Waals surface area contributed by atoms with E-state index in [9.17, 15) is 14.4 Å². The number of benzene rings is 1. The third-order valence-corrected chi connectivity index (χ3v) is 4.68. The molecular weight excluding hydrogens is 336 g/mol. The highest BCUT2D eigenvalue weighted by Gasteiger charge is 2.24. The molecule has 3 N–H and O–H groups in total. The van der Waals surface area contributed by atoms with Crippen molar-refractivity contribution in [3.63, 3.8) is 0 Å². The molecule has 0 saturated carbocycles. The van der Waals surface area contributed by atoms with Gasteiger partial charge in [-0.15, -0.1) is 0 Å². The Labute approximate surface area is 150 Å². The summed E-state index contributed by atoms with van der Waals surface area (Å²) in [6, 6.07) is 6.77. The van der Waals surface area contributed by atoms with Crippen LogP contribution in [0.3, 0.4) is 0 Å². The van der Waals surface area contributed by atoms with E-state index in [1.165, 1.54) is 0 Å². The highest BCUT2D eigenvalue weighted by molar-refractivity contribution is 5.79. The van der Waals surface area contributed by atoms with Gasteiger partial charge in [0.15, 0.2) is 0 Å². The molecule has 140 valence electrons. The second-order valence-electron chi connectivity index (χ2n) is 6.46. The van der Waals surface area contributed by atoms with Crippen LogP contribution in [0.2, 0.25) is 0 Å². The second kappa shape index (κ2) is 8.29. The van der Waals surface area contributed by atoms with Crippen molar-refractivity contribution in [2.45, 2.75) is 31.9 Å². The maximum atomic E-state index is 12.5. The van der Waals surface area contributed by atoms with Crippen molar-refractivity contribution in [1.82, 2.24) is 14.5 Å². The number of fused-ring (bicyclic) bond motifs is 1. The SMILES string of the molecule is NCCCOC1CCN(C(=O)Cn2c(=O)[nH]c3ccccc3c2=O)CC1. The standard InChI is InChI=1S/C18H24N4O4/c19-8-3-11-26-13-6-9-21(10-7-13)16(23)12-22-17(24)14-4-1-2-5-15(14)20-18(22)25/h1-2,4-5,13H,3,6-12,19H2,(H,20,25). The number of nitrogens with zero attached hydrogens (tertiary/aromatic N) is 2. The first-order valence-corrected chi connectivity index (χ1v) is 8.91. The molecule has 0 bridgehead atoms. The third-order valence-electron chi connectivity index (χ3n) is 4.68. The third kappa shape index (κ3) is 4.03. The molecule has 0 unspecified atom stereocenters. The number of hydrogen-bond donors (Lipinski definition) is 2. The van der Waals surface area contributed by atoms with Crippen molar-refractivity contribution in [3.8, 4) is 0 Å². The largest absolute Gasteiger partial charge is 0.378 e. The van der Waals surface area contributed by atoms with E-state index in [1.54, 1.807) is 29.2 Å². The minimum Gasteiger partial charge on any atom is -0.378 e. The molecule has 3 rings (SSSR count). The van der Waals surface area contributed by atoms with Gasteiger partial charge in [0.1, 0.15) is 6.54 Å². The zero-order chi connectivity index (χ0) is 18.5. The number of hydrogen-bond acceptors (Lipinski definition) is 5. The van der Waals surface area contributed by atoms with Gasteiger partial charge in [0.2, 0.25) is 5.91 Å². The van der Waals surface area contributed by atoms with Crippen LogP contribution in [-0.2, 0) is 16.1 Å². The summed E-state index contributed by atoms with van der Waals surface area (Å²) in [5.41, 5.74) is 4.91. The minimum atomic E-state index is -0.568. The monoisotopic (exact) mass is 360 g/mol. The van der Waals surface area contributed by atoms with E-state index in [1.807, 2.05) is 0 Å². The number of aromatic amines is 1. The van der Waals surface area contributed by atoms with Gasteiger partial charge >= 0.3 is 5.69 Å². The van der Waals surface area contributed by atoms with Gasteiger partial charge in [-0.3, -0.25) is 14.2 Å². The Bertz CT molecular complexity index is 881. The Kier molecular flexibility index (Phi) is 5.85. The van der Waals surface area contributed by atoms with Gasteiger partial charge < -0.3 is 20.4 Å². The van der Waals surface area contributed by atoms with Crippen molar-refractivity contribution in [2.24, 2.45) is 5.73 Å². The molecule has 2 aromatic rings. The van der Waals surface area contributed by atoms with Crippen LogP contribution < -0.4 is 17.0 Å². The van der Waals surface area contributed by atoms with Crippen LogP contribution in [0.25, 0.3) is 10.9 Å². The lowest BCUT2D eigenvalue weighted by Gasteiger charge is -2.32. The summed E-state index contributed by atoms with van der Waals surface area (Å²) < 4.78 is 6.69. The molecule has 1 aromatic heterocycles. The number of amides is 1. The number of H-pyrrole nitrogens is 1. The summed E-state index contributed by atoms with van der Waals surface area (Å²) in [4.78, 5) is 41.6. The molecule has 1 saturated heterocycles. The van der Waals surface area contributed by atoms with Crippen molar-refractivity contribution in [2.75, 3.05) is 26.2 Å². The molecule has 1 amide bonds. The Hall–Kier alpha value is -2.45. The average molecular weight is 360 g/mol. The van der Waals surface area contributed by atoms with Crippen LogP contribution in [0.4, 0.5) is 0 Å². The van der Waals surface area contributed by atoms with Crippen LogP contribution in [0, 0.1) is 0 Å². The van der Waals surface area contributed by atoms with Crippen LogP contribution in [0.15, 0.2) is 33.9 Å². The highest BCUT2D eigenvalue weighted by Crippen LogP contribution is 2.14. The zero-order valence-electron chi connectivity index (χ0n) is 14.6. The molecule has 0 atom stereocenters. The van der Waals surface area contributed by atoms with Gasteiger partial charge in [0.25, 0.3) is 5.56 Å². The average Bonchev–Trinajstić information content (AvgIpc) is 2.66. The molecule has 8 nitrogen and oxygen atoms in total. The van der Waals surface area contributed by atoms with E-state index in [-0.39, 0.29) is 18.6 Å². The number of rotatable bonds is 6. The first-order valence-electron chi connectivity index (χ1n) is 8.91. The maximum Gasteiger partial charge on any atom is 0.329 e. The summed E-state index contributed by atoms with van der Waals surface area (Å²) in [6.45, 7) is 2.11. The Balaban J connectivity index is 1.65. The van der Waals surface area contributed by atoms with E-state index in [0.29, 0.717) is 37.1 Å². The number of piperidine rings is 1.